The van der Waals surface area contributed by atoms with Crippen LogP contribution in [0.2, 0.25) is 5.02 Å². The quantitative estimate of drug-likeness (QED) is 0.854. The number of nitrogens with one attached hydrogen (secondary N) is 1. The molecular weight excluding hydrogens is 210 g/mol. The van der Waals surface area contributed by atoms with E-state index >= 15 is 0 Å². The summed E-state index contributed by atoms with van der Waals surface area (Å²) < 4.78 is 5.70. The molecular formula is C12H16ClNO. The van der Waals surface area contributed by atoms with Crippen LogP contribution >= 0.6 is 11.6 Å². The summed E-state index contributed by atoms with van der Waals surface area (Å²) in [5, 5.41) is 4.03. The van der Waals surface area contributed by atoms with Crippen LogP contribution in [0.1, 0.15) is 12.0 Å². The van der Waals surface area contributed by atoms with E-state index in [2.05, 4.69) is 5.32 Å². The summed E-state index contributed by atoms with van der Waals surface area (Å²) in [7, 11) is 0. The molecule has 0 radical (unpaired) electrons. The molecule has 2 nitrogen and oxygen atoms in total. The second-order valence-electron chi connectivity index (χ2n) is 4.10. The third kappa shape index (κ3) is 2.86. The highest BCUT2D eigenvalue weighted by atomic mass is 35.5. The van der Waals surface area contributed by atoms with Crippen molar-refractivity contribution in [2.75, 3.05) is 19.7 Å². The lowest BCUT2D eigenvalue weighted by Crippen LogP contribution is -2.15. The van der Waals surface area contributed by atoms with Gasteiger partial charge in [0, 0.05) is 12.5 Å². The van der Waals surface area contributed by atoms with Gasteiger partial charge in [0.2, 0.25) is 0 Å². The highest BCUT2D eigenvalue weighted by Crippen LogP contribution is 2.25. The molecule has 1 aromatic carbocycles. The van der Waals surface area contributed by atoms with E-state index in [-0.39, 0.29) is 0 Å². The van der Waals surface area contributed by atoms with Gasteiger partial charge in [-0.05, 0) is 37.6 Å². The first-order valence-corrected chi connectivity index (χ1v) is 5.73. The Morgan fingerprint density at radius 1 is 1.53 bits per heavy atom. The summed E-state index contributed by atoms with van der Waals surface area (Å²) in [6.45, 7) is 4.95. The molecule has 1 aromatic rings. The first-order valence-electron chi connectivity index (χ1n) is 5.35. The molecule has 0 aliphatic carbocycles. The largest absolute Gasteiger partial charge is 0.492 e. The zero-order chi connectivity index (χ0) is 10.7. The Morgan fingerprint density at radius 3 is 3.07 bits per heavy atom. The molecule has 0 spiro atoms. The summed E-state index contributed by atoms with van der Waals surface area (Å²) in [6, 6.07) is 5.90. The van der Waals surface area contributed by atoms with Gasteiger partial charge in [-0.3, -0.25) is 0 Å². The lowest BCUT2D eigenvalue weighted by Gasteiger charge is -2.12. The van der Waals surface area contributed by atoms with Crippen molar-refractivity contribution < 1.29 is 4.74 Å². The third-order valence-corrected chi connectivity index (χ3v) is 3.02. The standard InChI is InChI=1S/C12H16ClNO/c1-9-2-3-12(11(13)6-9)15-8-10-4-5-14-7-10/h2-3,6,10,14H,4-5,7-8H2,1H3/t10-/m1/s1. The second-order valence-corrected chi connectivity index (χ2v) is 4.51. The van der Waals surface area contributed by atoms with Crippen LogP contribution in [0, 0.1) is 12.8 Å². The average molecular weight is 226 g/mol. The summed E-state index contributed by atoms with van der Waals surface area (Å²) in [4.78, 5) is 0. The highest BCUT2D eigenvalue weighted by molar-refractivity contribution is 6.32. The van der Waals surface area contributed by atoms with Crippen molar-refractivity contribution in [1.29, 1.82) is 0 Å². The van der Waals surface area contributed by atoms with E-state index in [4.69, 9.17) is 16.3 Å². The molecule has 1 saturated heterocycles. The molecule has 1 atom stereocenters. The number of aryl methyl sites for hydroxylation is 1. The van der Waals surface area contributed by atoms with Crippen LogP contribution in [0.4, 0.5) is 0 Å². The number of benzene rings is 1. The van der Waals surface area contributed by atoms with Gasteiger partial charge in [0.15, 0.2) is 0 Å². The Balaban J connectivity index is 1.92. The minimum Gasteiger partial charge on any atom is -0.492 e. The van der Waals surface area contributed by atoms with Crippen molar-refractivity contribution in [3.63, 3.8) is 0 Å². The Labute approximate surface area is 95.6 Å². The van der Waals surface area contributed by atoms with Crippen molar-refractivity contribution in [1.82, 2.24) is 5.32 Å². The van der Waals surface area contributed by atoms with Crippen molar-refractivity contribution >= 4 is 11.6 Å². The molecule has 0 amide bonds. The fourth-order valence-electron chi connectivity index (χ4n) is 1.79. The van der Waals surface area contributed by atoms with Gasteiger partial charge in [-0.1, -0.05) is 17.7 Å². The molecule has 82 valence electrons. The van der Waals surface area contributed by atoms with Crippen molar-refractivity contribution in [3.8, 4) is 5.75 Å². The van der Waals surface area contributed by atoms with Crippen molar-refractivity contribution in [2.45, 2.75) is 13.3 Å². The summed E-state index contributed by atoms with van der Waals surface area (Å²) in [5.74, 6) is 1.43. The maximum Gasteiger partial charge on any atom is 0.137 e. The van der Waals surface area contributed by atoms with Crippen LogP contribution in [0.5, 0.6) is 5.75 Å². The predicted molar refractivity (Wildman–Crippen MR) is 62.7 cm³/mol. The van der Waals surface area contributed by atoms with Gasteiger partial charge in [0.05, 0.1) is 11.6 Å². The van der Waals surface area contributed by atoms with E-state index in [1.54, 1.807) is 0 Å². The summed E-state index contributed by atoms with van der Waals surface area (Å²) in [6.07, 6.45) is 1.20. The minimum atomic E-state index is 0.627. The van der Waals surface area contributed by atoms with Crippen LogP contribution in [0.3, 0.4) is 0 Å². The van der Waals surface area contributed by atoms with Crippen LogP contribution in [-0.2, 0) is 0 Å². The van der Waals surface area contributed by atoms with Crippen molar-refractivity contribution in [3.05, 3.63) is 28.8 Å². The maximum atomic E-state index is 6.07. The Morgan fingerprint density at radius 2 is 2.40 bits per heavy atom. The molecule has 3 heteroatoms. The van der Waals surface area contributed by atoms with Gasteiger partial charge in [-0.25, -0.2) is 0 Å². The van der Waals surface area contributed by atoms with E-state index in [0.29, 0.717) is 10.9 Å². The van der Waals surface area contributed by atoms with E-state index < -0.39 is 0 Å². The molecule has 1 fully saturated rings. The monoisotopic (exact) mass is 225 g/mol. The molecule has 1 aliphatic heterocycles. The fraction of sp³-hybridized carbons (Fsp3) is 0.500. The number of hydrogen-bond donors (Lipinski definition) is 1. The van der Waals surface area contributed by atoms with E-state index in [9.17, 15) is 0 Å². The number of halogens is 1. The Hall–Kier alpha value is -0.730. The lowest BCUT2D eigenvalue weighted by molar-refractivity contribution is 0.260. The normalized spacial score (nSPS) is 20.5. The van der Waals surface area contributed by atoms with Gasteiger partial charge in [0.1, 0.15) is 5.75 Å². The zero-order valence-electron chi connectivity index (χ0n) is 8.92. The minimum absolute atomic E-state index is 0.627. The van der Waals surface area contributed by atoms with E-state index in [1.807, 2.05) is 25.1 Å². The molecule has 0 aromatic heterocycles. The molecule has 15 heavy (non-hydrogen) atoms. The fourth-order valence-corrected chi connectivity index (χ4v) is 2.08. The van der Waals surface area contributed by atoms with Crippen LogP contribution in [0.25, 0.3) is 0 Å². The zero-order valence-corrected chi connectivity index (χ0v) is 9.68. The van der Waals surface area contributed by atoms with Gasteiger partial charge in [-0.2, -0.15) is 0 Å². The van der Waals surface area contributed by atoms with Crippen LogP contribution in [0.15, 0.2) is 18.2 Å². The molecule has 2 rings (SSSR count). The van der Waals surface area contributed by atoms with E-state index in [1.165, 1.54) is 6.42 Å². The lowest BCUT2D eigenvalue weighted by atomic mass is 10.1. The molecule has 1 aliphatic rings. The maximum absolute atomic E-state index is 6.07. The first kappa shape index (κ1) is 10.8. The summed E-state index contributed by atoms with van der Waals surface area (Å²) >= 11 is 6.07. The van der Waals surface area contributed by atoms with Gasteiger partial charge in [-0.15, -0.1) is 0 Å². The number of ether oxygens (including phenoxy) is 1. The first-order chi connectivity index (χ1) is 7.25. The molecule has 1 N–H and O–H groups in total. The number of hydrogen-bond acceptors (Lipinski definition) is 2. The second kappa shape index (κ2) is 4.86. The molecule has 1 heterocycles. The van der Waals surface area contributed by atoms with Crippen LogP contribution < -0.4 is 10.1 Å². The SMILES string of the molecule is Cc1ccc(OC[C@@H]2CCNC2)c(Cl)c1. The third-order valence-electron chi connectivity index (χ3n) is 2.72. The molecule has 0 saturated carbocycles. The Bertz CT molecular complexity index is 334. The molecule has 0 bridgehead atoms. The predicted octanol–water partition coefficient (Wildman–Crippen LogP) is 2.64. The Kier molecular flexibility index (Phi) is 3.49. The average Bonchev–Trinajstić information content (AvgIpc) is 2.69. The molecule has 0 unspecified atom stereocenters. The van der Waals surface area contributed by atoms with Gasteiger partial charge < -0.3 is 10.1 Å². The van der Waals surface area contributed by atoms with E-state index in [0.717, 1.165) is 31.0 Å². The highest BCUT2D eigenvalue weighted by Gasteiger charge is 2.15. The van der Waals surface area contributed by atoms with Crippen molar-refractivity contribution in [2.24, 2.45) is 5.92 Å². The van der Waals surface area contributed by atoms with Gasteiger partial charge in [0.25, 0.3) is 0 Å². The smallest absolute Gasteiger partial charge is 0.137 e. The topological polar surface area (TPSA) is 21.3 Å². The van der Waals surface area contributed by atoms with Gasteiger partial charge >= 0.3 is 0 Å². The number of rotatable bonds is 3. The van der Waals surface area contributed by atoms with Crippen LogP contribution in [-0.4, -0.2) is 19.7 Å². The summed E-state index contributed by atoms with van der Waals surface area (Å²) in [5.41, 5.74) is 1.16.